The lowest BCUT2D eigenvalue weighted by Crippen LogP contribution is -2.23. The van der Waals surface area contributed by atoms with Crippen LogP contribution in [0.15, 0.2) is 45.8 Å². The number of benzene rings is 2. The molecule has 0 saturated carbocycles. The van der Waals surface area contributed by atoms with Crippen molar-refractivity contribution in [2.24, 2.45) is 0 Å². The van der Waals surface area contributed by atoms with Crippen molar-refractivity contribution >= 4 is 38.4 Å². The molecule has 144 valence electrons. The van der Waals surface area contributed by atoms with E-state index in [0.29, 0.717) is 22.6 Å². The van der Waals surface area contributed by atoms with Crippen molar-refractivity contribution in [3.05, 3.63) is 62.4 Å². The number of rotatable bonds is 4. The first-order valence-electron chi connectivity index (χ1n) is 8.83. The largest absolute Gasteiger partial charge is 0.493 e. The van der Waals surface area contributed by atoms with Crippen LogP contribution >= 0.6 is 15.9 Å². The summed E-state index contributed by atoms with van der Waals surface area (Å²) in [4.78, 5) is 25.9. The maximum absolute atomic E-state index is 13.0. The molecule has 6 nitrogen and oxygen atoms in total. The highest BCUT2D eigenvalue weighted by Gasteiger charge is 2.25. The molecule has 1 atom stereocenters. The van der Waals surface area contributed by atoms with Crippen LogP contribution in [0.3, 0.4) is 0 Å². The average Bonchev–Trinajstić information content (AvgIpc) is 2.99. The summed E-state index contributed by atoms with van der Waals surface area (Å²) in [6, 6.07) is 9.06. The number of hydrogen-bond acceptors (Lipinski definition) is 4. The van der Waals surface area contributed by atoms with Crippen molar-refractivity contribution in [1.29, 1.82) is 0 Å². The molecule has 3 aromatic rings. The Labute approximate surface area is 170 Å². The van der Waals surface area contributed by atoms with E-state index in [0.717, 1.165) is 22.0 Å². The first-order valence-corrected chi connectivity index (χ1v) is 9.63. The zero-order valence-electron chi connectivity index (χ0n) is 15.7. The lowest BCUT2D eigenvalue weighted by molar-refractivity contribution is 0.102. The zero-order chi connectivity index (χ0) is 20.0. The minimum Gasteiger partial charge on any atom is -0.493 e. The third-order valence-corrected chi connectivity index (χ3v) is 5.50. The molecule has 28 heavy (non-hydrogen) atoms. The van der Waals surface area contributed by atoms with Gasteiger partial charge < -0.3 is 19.4 Å². The SMILES string of the molecule is COc1ccc(NC(=O)c2cn3c4c(cc(Br)cc4c2=O)C[C@H]3C)cc1OC. The molecule has 0 unspecified atom stereocenters. The molecular weight excluding hydrogens is 424 g/mol. The van der Waals surface area contributed by atoms with Gasteiger partial charge in [0.2, 0.25) is 5.43 Å². The molecule has 1 aromatic heterocycles. The Morgan fingerprint density at radius 3 is 2.64 bits per heavy atom. The summed E-state index contributed by atoms with van der Waals surface area (Å²) in [6.45, 7) is 2.08. The van der Waals surface area contributed by atoms with Gasteiger partial charge >= 0.3 is 0 Å². The molecule has 1 aliphatic rings. The Kier molecular flexibility index (Phi) is 4.63. The summed E-state index contributed by atoms with van der Waals surface area (Å²) in [7, 11) is 3.07. The van der Waals surface area contributed by atoms with Gasteiger partial charge in [0.15, 0.2) is 11.5 Å². The molecule has 1 amide bonds. The van der Waals surface area contributed by atoms with Crippen molar-refractivity contribution in [2.75, 3.05) is 19.5 Å². The Hall–Kier alpha value is -2.80. The molecule has 2 aromatic carbocycles. The number of methoxy groups -OCH3 is 2. The first kappa shape index (κ1) is 18.6. The quantitative estimate of drug-likeness (QED) is 0.658. The van der Waals surface area contributed by atoms with E-state index in [1.165, 1.54) is 7.11 Å². The van der Waals surface area contributed by atoms with Gasteiger partial charge in [-0.15, -0.1) is 0 Å². The highest BCUT2D eigenvalue weighted by molar-refractivity contribution is 9.10. The lowest BCUT2D eigenvalue weighted by Gasteiger charge is -2.14. The van der Waals surface area contributed by atoms with Crippen molar-refractivity contribution in [2.45, 2.75) is 19.4 Å². The van der Waals surface area contributed by atoms with Gasteiger partial charge in [-0.25, -0.2) is 0 Å². The van der Waals surface area contributed by atoms with Crippen LogP contribution < -0.4 is 20.2 Å². The number of pyridine rings is 1. The summed E-state index contributed by atoms with van der Waals surface area (Å²) in [5.41, 5.74) is 2.37. The fourth-order valence-electron chi connectivity index (χ4n) is 3.74. The number of ether oxygens (including phenoxy) is 2. The standard InChI is InChI=1S/C21H19BrN2O4/c1-11-6-12-7-13(22)8-15-19(12)24(11)10-16(20(15)25)21(26)23-14-4-5-17(27-2)18(9-14)28-3/h4-5,7-11H,6H2,1-3H3,(H,23,26)/t11-/m1/s1. The zero-order valence-corrected chi connectivity index (χ0v) is 17.3. The van der Waals surface area contributed by atoms with Crippen LogP contribution in [0.4, 0.5) is 5.69 Å². The number of carbonyl (C=O) groups excluding carboxylic acids is 1. The molecule has 0 saturated heterocycles. The van der Waals surface area contributed by atoms with Crippen LogP contribution in [-0.4, -0.2) is 24.7 Å². The van der Waals surface area contributed by atoms with Crippen LogP contribution in [0.25, 0.3) is 10.9 Å². The predicted molar refractivity (Wildman–Crippen MR) is 112 cm³/mol. The first-order chi connectivity index (χ1) is 13.4. The number of halogens is 1. The average molecular weight is 443 g/mol. The minimum absolute atomic E-state index is 0.111. The summed E-state index contributed by atoms with van der Waals surface area (Å²) in [6.07, 6.45) is 2.49. The van der Waals surface area contributed by atoms with E-state index in [-0.39, 0.29) is 17.0 Å². The van der Waals surface area contributed by atoms with Gasteiger partial charge in [0.05, 0.1) is 19.7 Å². The van der Waals surface area contributed by atoms with Gasteiger partial charge in [-0.3, -0.25) is 9.59 Å². The van der Waals surface area contributed by atoms with E-state index in [4.69, 9.17) is 9.47 Å². The molecule has 1 N–H and O–H groups in total. The Balaban J connectivity index is 1.77. The van der Waals surface area contributed by atoms with Crippen LogP contribution in [0.2, 0.25) is 0 Å². The lowest BCUT2D eigenvalue weighted by atomic mass is 10.1. The van der Waals surface area contributed by atoms with Crippen molar-refractivity contribution in [1.82, 2.24) is 4.57 Å². The van der Waals surface area contributed by atoms with Gasteiger partial charge in [0, 0.05) is 33.9 Å². The molecule has 4 rings (SSSR count). The van der Waals surface area contributed by atoms with Gasteiger partial charge in [0.25, 0.3) is 5.91 Å². The number of nitrogens with one attached hydrogen (secondary N) is 1. The Bertz CT molecular complexity index is 1170. The van der Waals surface area contributed by atoms with Crippen molar-refractivity contribution < 1.29 is 14.3 Å². The minimum atomic E-state index is -0.455. The smallest absolute Gasteiger partial charge is 0.261 e. The number of aromatic nitrogens is 1. The van der Waals surface area contributed by atoms with Gasteiger partial charge in [0.1, 0.15) is 5.56 Å². The summed E-state index contributed by atoms with van der Waals surface area (Å²) >= 11 is 3.47. The molecule has 0 bridgehead atoms. The van der Waals surface area contributed by atoms with Crippen LogP contribution in [-0.2, 0) is 6.42 Å². The second kappa shape index (κ2) is 6.98. The van der Waals surface area contributed by atoms with Crippen molar-refractivity contribution in [3.8, 4) is 11.5 Å². The Morgan fingerprint density at radius 2 is 1.93 bits per heavy atom. The molecule has 7 heteroatoms. The molecule has 0 aliphatic carbocycles. The number of nitrogens with zero attached hydrogens (tertiary/aromatic N) is 1. The van der Waals surface area contributed by atoms with E-state index in [1.807, 2.05) is 10.6 Å². The van der Waals surface area contributed by atoms with E-state index in [2.05, 4.69) is 28.2 Å². The summed E-state index contributed by atoms with van der Waals surface area (Å²) in [5.74, 6) is 0.602. The number of carbonyl (C=O) groups is 1. The molecule has 1 aliphatic heterocycles. The highest BCUT2D eigenvalue weighted by Crippen LogP contribution is 2.34. The van der Waals surface area contributed by atoms with Crippen LogP contribution in [0, 0.1) is 0 Å². The molecule has 0 radical (unpaired) electrons. The fraction of sp³-hybridized carbons (Fsp3) is 0.238. The van der Waals surface area contributed by atoms with Gasteiger partial charge in [-0.1, -0.05) is 15.9 Å². The normalized spacial score (nSPS) is 14.9. The maximum atomic E-state index is 13.0. The van der Waals surface area contributed by atoms with Crippen molar-refractivity contribution in [3.63, 3.8) is 0 Å². The monoisotopic (exact) mass is 442 g/mol. The second-order valence-electron chi connectivity index (χ2n) is 6.82. The molecule has 0 fully saturated rings. The van der Waals surface area contributed by atoms with E-state index < -0.39 is 5.91 Å². The third-order valence-electron chi connectivity index (χ3n) is 5.05. The molecule has 2 heterocycles. The van der Waals surface area contributed by atoms with Crippen LogP contribution in [0.5, 0.6) is 11.5 Å². The second-order valence-corrected chi connectivity index (χ2v) is 7.73. The van der Waals surface area contributed by atoms with E-state index in [1.54, 1.807) is 37.6 Å². The van der Waals surface area contributed by atoms with E-state index >= 15 is 0 Å². The van der Waals surface area contributed by atoms with Gasteiger partial charge in [-0.05, 0) is 43.2 Å². The highest BCUT2D eigenvalue weighted by atomic mass is 79.9. The topological polar surface area (TPSA) is 69.6 Å². The maximum Gasteiger partial charge on any atom is 0.261 e. The molecular formula is C21H19BrN2O4. The number of amides is 1. The summed E-state index contributed by atoms with van der Waals surface area (Å²) in [5, 5.41) is 3.34. The Morgan fingerprint density at radius 1 is 1.18 bits per heavy atom. The third kappa shape index (κ3) is 2.96. The van der Waals surface area contributed by atoms with E-state index in [9.17, 15) is 9.59 Å². The molecule has 0 spiro atoms. The fourth-order valence-corrected chi connectivity index (χ4v) is 4.24. The summed E-state index contributed by atoms with van der Waals surface area (Å²) < 4.78 is 13.3. The van der Waals surface area contributed by atoms with Crippen LogP contribution in [0.1, 0.15) is 28.9 Å². The van der Waals surface area contributed by atoms with Gasteiger partial charge in [-0.2, -0.15) is 0 Å². The number of hydrogen-bond donors (Lipinski definition) is 1. The number of anilines is 1. The predicted octanol–water partition coefficient (Wildman–Crippen LogP) is 4.15.